The maximum atomic E-state index is 5.52. The molecule has 1 N–H and O–H groups in total. The molecular weight excluding hydrogens is 314 g/mol. The van der Waals surface area contributed by atoms with Crippen molar-refractivity contribution < 1.29 is 0 Å². The monoisotopic (exact) mass is 335 g/mol. The van der Waals surface area contributed by atoms with Crippen molar-refractivity contribution in [3.8, 4) is 12.3 Å². The topological polar surface area (TPSA) is 28.2 Å². The molecule has 0 saturated heterocycles. The van der Waals surface area contributed by atoms with Crippen LogP contribution in [0, 0.1) is 18.3 Å². The second kappa shape index (κ2) is 7.10. The fourth-order valence-electron chi connectivity index (χ4n) is 2.15. The van der Waals surface area contributed by atoms with Gasteiger partial charge in [0.05, 0.1) is 6.54 Å². The van der Waals surface area contributed by atoms with Crippen LogP contribution in [-0.4, -0.2) is 24.1 Å². The summed E-state index contributed by atoms with van der Waals surface area (Å²) in [6, 6.07) is 2.58. The summed E-state index contributed by atoms with van der Waals surface area (Å²) < 4.78 is 1.01. The molecule has 3 nitrogen and oxygen atoms in total. The highest BCUT2D eigenvalue weighted by Crippen LogP contribution is 2.32. The first-order valence-corrected chi connectivity index (χ1v) is 7.95. The molecule has 2 rings (SSSR count). The Hall–Kier alpha value is -1.05. The normalized spacial score (nSPS) is 14.3. The number of terminal acetylenes is 1. The van der Waals surface area contributed by atoms with E-state index in [4.69, 9.17) is 6.42 Å². The van der Waals surface area contributed by atoms with Gasteiger partial charge in [0.2, 0.25) is 0 Å². The first-order valence-electron chi connectivity index (χ1n) is 7.16. The van der Waals surface area contributed by atoms with Gasteiger partial charge in [0.15, 0.2) is 0 Å². The van der Waals surface area contributed by atoms with Crippen molar-refractivity contribution in [3.05, 3.63) is 22.3 Å². The second-order valence-corrected chi connectivity index (χ2v) is 6.62. The van der Waals surface area contributed by atoms with Crippen LogP contribution in [0.4, 0.5) is 5.82 Å². The van der Waals surface area contributed by atoms with Crippen molar-refractivity contribution >= 4 is 21.7 Å². The number of nitrogens with zero attached hydrogens (tertiary/aromatic N) is 2. The summed E-state index contributed by atoms with van der Waals surface area (Å²) in [7, 11) is 0. The minimum atomic E-state index is 0.450. The van der Waals surface area contributed by atoms with Crippen molar-refractivity contribution in [2.24, 2.45) is 5.92 Å². The molecule has 4 heteroatoms. The Morgan fingerprint density at radius 2 is 2.30 bits per heavy atom. The maximum Gasteiger partial charge on any atom is 0.133 e. The van der Waals surface area contributed by atoms with Crippen molar-refractivity contribution in [1.29, 1.82) is 0 Å². The van der Waals surface area contributed by atoms with Gasteiger partial charge < -0.3 is 10.2 Å². The third-order valence-electron chi connectivity index (χ3n) is 3.37. The Morgan fingerprint density at radius 3 is 2.90 bits per heavy atom. The van der Waals surface area contributed by atoms with Gasteiger partial charge in [0, 0.05) is 35.4 Å². The third-order valence-corrected chi connectivity index (χ3v) is 3.80. The lowest BCUT2D eigenvalue weighted by Gasteiger charge is -2.24. The number of hydrogen-bond acceptors (Lipinski definition) is 3. The fraction of sp³-hybridized carbons (Fsp3) is 0.562. The number of aromatic nitrogens is 1. The molecule has 0 bridgehead atoms. The lowest BCUT2D eigenvalue weighted by atomic mass is 10.2. The van der Waals surface area contributed by atoms with Crippen molar-refractivity contribution in [1.82, 2.24) is 10.3 Å². The number of hydrogen-bond donors (Lipinski definition) is 1. The van der Waals surface area contributed by atoms with Crippen molar-refractivity contribution in [2.45, 2.75) is 39.3 Å². The molecule has 0 spiro atoms. The Bertz CT molecular complexity index is 489. The van der Waals surface area contributed by atoms with Crippen LogP contribution in [0.25, 0.3) is 0 Å². The first-order chi connectivity index (χ1) is 9.60. The molecule has 1 fully saturated rings. The SMILES string of the molecule is C#CCN(CC1CC1)c1ncc(Br)cc1CNC(C)C. The van der Waals surface area contributed by atoms with Gasteiger partial charge >= 0.3 is 0 Å². The van der Waals surface area contributed by atoms with Gasteiger partial charge in [-0.25, -0.2) is 4.98 Å². The molecule has 0 amide bonds. The molecule has 0 aliphatic heterocycles. The van der Waals surface area contributed by atoms with Gasteiger partial charge in [0.1, 0.15) is 5.82 Å². The lowest BCUT2D eigenvalue weighted by molar-refractivity contribution is 0.586. The van der Waals surface area contributed by atoms with Crippen LogP contribution in [0.3, 0.4) is 0 Å². The van der Waals surface area contributed by atoms with Gasteiger partial charge in [-0.2, -0.15) is 0 Å². The Kier molecular flexibility index (Phi) is 5.45. The van der Waals surface area contributed by atoms with Crippen LogP contribution >= 0.6 is 15.9 Å². The van der Waals surface area contributed by atoms with Crippen molar-refractivity contribution in [2.75, 3.05) is 18.0 Å². The molecule has 1 aromatic rings. The standard InChI is InChI=1S/C16H22BrN3/c1-4-7-20(11-13-5-6-13)16-14(9-18-12(2)3)8-15(17)10-19-16/h1,8,10,12-13,18H,5-7,9,11H2,2-3H3. The molecule has 0 atom stereocenters. The van der Waals surface area contributed by atoms with E-state index in [2.05, 4.69) is 57.0 Å². The van der Waals surface area contributed by atoms with E-state index in [1.165, 1.54) is 18.4 Å². The molecule has 1 aromatic heterocycles. The third kappa shape index (κ3) is 4.50. The molecule has 20 heavy (non-hydrogen) atoms. The fourth-order valence-corrected chi connectivity index (χ4v) is 2.53. The minimum absolute atomic E-state index is 0.450. The largest absolute Gasteiger partial charge is 0.345 e. The summed E-state index contributed by atoms with van der Waals surface area (Å²) in [4.78, 5) is 6.84. The molecule has 108 valence electrons. The van der Waals surface area contributed by atoms with Gasteiger partial charge in [-0.3, -0.25) is 0 Å². The second-order valence-electron chi connectivity index (χ2n) is 5.70. The zero-order chi connectivity index (χ0) is 14.5. The van der Waals surface area contributed by atoms with Crippen LogP contribution in [0.1, 0.15) is 32.3 Å². The van der Waals surface area contributed by atoms with Gasteiger partial charge in [-0.15, -0.1) is 6.42 Å². The van der Waals surface area contributed by atoms with Crippen LogP contribution in [-0.2, 0) is 6.54 Å². The smallest absolute Gasteiger partial charge is 0.133 e. The Labute approximate surface area is 130 Å². The highest BCUT2D eigenvalue weighted by Gasteiger charge is 2.25. The van der Waals surface area contributed by atoms with E-state index in [-0.39, 0.29) is 0 Å². The highest BCUT2D eigenvalue weighted by atomic mass is 79.9. The average Bonchev–Trinajstić information content (AvgIpc) is 3.20. The van der Waals surface area contributed by atoms with E-state index in [0.717, 1.165) is 29.3 Å². The average molecular weight is 336 g/mol. The van der Waals surface area contributed by atoms with Gasteiger partial charge in [-0.1, -0.05) is 19.8 Å². The summed E-state index contributed by atoms with van der Waals surface area (Å²) in [6.45, 7) is 6.75. The minimum Gasteiger partial charge on any atom is -0.345 e. The van der Waals surface area contributed by atoms with Crippen molar-refractivity contribution in [3.63, 3.8) is 0 Å². The molecule has 0 aromatic carbocycles. The van der Waals surface area contributed by atoms with Crippen LogP contribution in [0.5, 0.6) is 0 Å². The summed E-state index contributed by atoms with van der Waals surface area (Å²) in [5.41, 5.74) is 1.20. The molecule has 0 radical (unpaired) electrons. The number of nitrogens with one attached hydrogen (secondary N) is 1. The van der Waals surface area contributed by atoms with Gasteiger partial charge in [0.25, 0.3) is 0 Å². The van der Waals surface area contributed by atoms with Gasteiger partial charge in [-0.05, 0) is 40.8 Å². The van der Waals surface area contributed by atoms with E-state index in [1.807, 2.05) is 6.20 Å². The molecule has 0 unspecified atom stereocenters. The zero-order valence-electron chi connectivity index (χ0n) is 12.2. The number of anilines is 1. The van der Waals surface area contributed by atoms with E-state index in [1.54, 1.807) is 0 Å². The van der Waals surface area contributed by atoms with E-state index < -0.39 is 0 Å². The van der Waals surface area contributed by atoms with E-state index in [0.29, 0.717) is 12.6 Å². The molecule has 1 aliphatic rings. The van der Waals surface area contributed by atoms with Crippen LogP contribution in [0.15, 0.2) is 16.7 Å². The lowest BCUT2D eigenvalue weighted by Crippen LogP contribution is -2.30. The molecule has 1 aliphatic carbocycles. The van der Waals surface area contributed by atoms with Crippen LogP contribution < -0.4 is 10.2 Å². The number of pyridine rings is 1. The first kappa shape index (κ1) is 15.3. The highest BCUT2D eigenvalue weighted by molar-refractivity contribution is 9.10. The Balaban J connectivity index is 2.19. The molecule has 1 saturated carbocycles. The summed E-state index contributed by atoms with van der Waals surface area (Å²) in [5.74, 6) is 4.57. The zero-order valence-corrected chi connectivity index (χ0v) is 13.8. The van der Waals surface area contributed by atoms with E-state index in [9.17, 15) is 0 Å². The maximum absolute atomic E-state index is 5.52. The number of rotatable bonds is 7. The predicted octanol–water partition coefficient (Wildman–Crippen LogP) is 3.19. The number of halogens is 1. The predicted molar refractivity (Wildman–Crippen MR) is 87.7 cm³/mol. The summed E-state index contributed by atoms with van der Waals surface area (Å²) >= 11 is 3.51. The quantitative estimate of drug-likeness (QED) is 0.775. The van der Waals surface area contributed by atoms with Crippen LogP contribution in [0.2, 0.25) is 0 Å². The van der Waals surface area contributed by atoms with E-state index >= 15 is 0 Å². The molecular formula is C16H22BrN3. The Morgan fingerprint density at radius 1 is 1.55 bits per heavy atom. The summed E-state index contributed by atoms with van der Waals surface area (Å²) in [5, 5.41) is 3.46. The summed E-state index contributed by atoms with van der Waals surface area (Å²) in [6.07, 6.45) is 10.0. The molecule has 1 heterocycles.